The zero-order chi connectivity index (χ0) is 20.5. The van der Waals surface area contributed by atoms with E-state index in [1.54, 1.807) is 12.1 Å². The molecule has 3 heterocycles. The van der Waals surface area contributed by atoms with Crippen molar-refractivity contribution in [1.29, 1.82) is 0 Å². The lowest BCUT2D eigenvalue weighted by atomic mass is 10.1. The molecule has 1 aliphatic rings. The summed E-state index contributed by atoms with van der Waals surface area (Å²) in [6.07, 6.45) is 2.34. The van der Waals surface area contributed by atoms with Crippen LogP contribution in [0.3, 0.4) is 0 Å². The van der Waals surface area contributed by atoms with E-state index in [1.165, 1.54) is 17.6 Å². The summed E-state index contributed by atoms with van der Waals surface area (Å²) in [4.78, 5) is 30.5. The van der Waals surface area contributed by atoms with E-state index in [9.17, 15) is 9.59 Å². The predicted octanol–water partition coefficient (Wildman–Crippen LogP) is 4.78. The maximum Gasteiger partial charge on any atom is 0.291 e. The Bertz CT molecular complexity index is 1040. The van der Waals surface area contributed by atoms with Gasteiger partial charge in [0.05, 0.1) is 27.5 Å². The molecule has 1 N–H and O–H groups in total. The van der Waals surface area contributed by atoms with Gasteiger partial charge in [0.2, 0.25) is 0 Å². The van der Waals surface area contributed by atoms with Gasteiger partial charge in [-0.1, -0.05) is 12.1 Å². The number of fused-ring (bicyclic) bond motifs is 1. The van der Waals surface area contributed by atoms with E-state index in [2.05, 4.69) is 24.2 Å². The minimum atomic E-state index is -0.328. The van der Waals surface area contributed by atoms with Crippen molar-refractivity contribution in [2.75, 3.05) is 28.7 Å². The largest absolute Gasteiger partial charge is 0.459 e. The van der Waals surface area contributed by atoms with Gasteiger partial charge in [-0.3, -0.25) is 9.59 Å². The number of carbonyl (C=O) groups excluding carboxylic acids is 2. The van der Waals surface area contributed by atoms with Crippen LogP contribution in [0.4, 0.5) is 16.4 Å². The summed E-state index contributed by atoms with van der Waals surface area (Å²) < 4.78 is 5.14. The maximum atomic E-state index is 13.6. The number of rotatable bonds is 3. The molecule has 0 saturated carbocycles. The number of hydrogen-bond donors (Lipinski definition) is 1. The smallest absolute Gasteiger partial charge is 0.291 e. The van der Waals surface area contributed by atoms with Crippen LogP contribution in [0, 0.1) is 6.92 Å². The minimum absolute atomic E-state index is 0.0405. The molecule has 0 bridgehead atoms. The highest BCUT2D eigenvalue weighted by Crippen LogP contribution is 2.37. The predicted molar refractivity (Wildman–Crippen MR) is 116 cm³/mol. The molecule has 3 aromatic rings. The topological polar surface area (TPSA) is 65.8 Å². The van der Waals surface area contributed by atoms with E-state index >= 15 is 0 Å². The second kappa shape index (κ2) is 7.75. The van der Waals surface area contributed by atoms with E-state index in [1.807, 2.05) is 42.2 Å². The second-order valence-electron chi connectivity index (χ2n) is 7.28. The fraction of sp³-hybridized carbons (Fsp3) is 0.273. The zero-order valence-electron chi connectivity index (χ0n) is 16.6. The highest BCUT2D eigenvalue weighted by molar-refractivity contribution is 7.18. The van der Waals surface area contributed by atoms with Gasteiger partial charge in [0.15, 0.2) is 5.76 Å². The summed E-state index contributed by atoms with van der Waals surface area (Å²) in [5, 5.41) is 3.45. The Morgan fingerprint density at radius 3 is 2.66 bits per heavy atom. The van der Waals surface area contributed by atoms with Crippen molar-refractivity contribution >= 4 is 39.5 Å². The van der Waals surface area contributed by atoms with E-state index in [0.717, 1.165) is 29.9 Å². The van der Waals surface area contributed by atoms with Crippen molar-refractivity contribution in [2.24, 2.45) is 0 Å². The molecule has 2 aromatic heterocycles. The lowest BCUT2D eigenvalue weighted by Crippen LogP contribution is -2.38. The molecular weight excluding hydrogens is 386 g/mol. The number of nitrogens with one attached hydrogen (secondary N) is 1. The molecule has 1 aliphatic heterocycles. The Hall–Kier alpha value is -3.06. The van der Waals surface area contributed by atoms with Crippen LogP contribution in [0.15, 0.2) is 53.1 Å². The fourth-order valence-corrected chi connectivity index (χ4v) is 4.62. The molecule has 29 heavy (non-hydrogen) atoms. The van der Waals surface area contributed by atoms with Crippen molar-refractivity contribution in [2.45, 2.75) is 26.3 Å². The molecule has 6 nitrogen and oxygen atoms in total. The number of thiophene rings is 1. The summed E-state index contributed by atoms with van der Waals surface area (Å²) in [7, 11) is 2.05. The molecule has 1 aromatic carbocycles. The lowest BCUT2D eigenvalue weighted by Gasteiger charge is -2.28. The summed E-state index contributed by atoms with van der Waals surface area (Å²) in [5.41, 5.74) is 2.81. The number of benzene rings is 1. The number of carbonyl (C=O) groups is 2. The van der Waals surface area contributed by atoms with E-state index < -0.39 is 0 Å². The first-order valence-corrected chi connectivity index (χ1v) is 10.4. The van der Waals surface area contributed by atoms with Gasteiger partial charge in [-0.25, -0.2) is 0 Å². The van der Waals surface area contributed by atoms with Crippen LogP contribution in [0.25, 0.3) is 0 Å². The third kappa shape index (κ3) is 3.65. The SMILES string of the molecule is Cc1cc(NC(=O)c2ccco2)sc1C(=O)N1c2ccccc2N(C)CC[C@H]1C. The van der Waals surface area contributed by atoms with Crippen LogP contribution in [0.2, 0.25) is 0 Å². The Kier molecular flexibility index (Phi) is 5.15. The number of amides is 2. The molecule has 150 valence electrons. The number of nitrogens with zero attached hydrogens (tertiary/aromatic N) is 2. The minimum Gasteiger partial charge on any atom is -0.459 e. The van der Waals surface area contributed by atoms with Gasteiger partial charge >= 0.3 is 0 Å². The van der Waals surface area contributed by atoms with Gasteiger partial charge in [-0.2, -0.15) is 0 Å². The van der Waals surface area contributed by atoms with Crippen molar-refractivity contribution in [3.05, 3.63) is 64.9 Å². The normalized spacial score (nSPS) is 16.3. The fourth-order valence-electron chi connectivity index (χ4n) is 3.61. The van der Waals surface area contributed by atoms with Crippen LogP contribution < -0.4 is 15.1 Å². The van der Waals surface area contributed by atoms with Crippen LogP contribution in [-0.4, -0.2) is 31.4 Å². The van der Waals surface area contributed by atoms with Crippen LogP contribution >= 0.6 is 11.3 Å². The molecule has 0 radical (unpaired) electrons. The first kappa shape index (κ1) is 19.3. The van der Waals surface area contributed by atoms with Crippen molar-refractivity contribution in [3.63, 3.8) is 0 Å². The zero-order valence-corrected chi connectivity index (χ0v) is 17.5. The van der Waals surface area contributed by atoms with E-state index in [-0.39, 0.29) is 23.6 Å². The summed E-state index contributed by atoms with van der Waals surface area (Å²) in [5.74, 6) is -0.131. The molecule has 0 fully saturated rings. The monoisotopic (exact) mass is 409 g/mol. The highest BCUT2D eigenvalue weighted by Gasteiger charge is 2.31. The number of furan rings is 1. The molecule has 1 atom stereocenters. The van der Waals surface area contributed by atoms with Gasteiger partial charge < -0.3 is 19.5 Å². The molecule has 0 unspecified atom stereocenters. The number of hydrogen-bond acceptors (Lipinski definition) is 5. The molecule has 2 amide bonds. The molecule has 7 heteroatoms. The molecule has 0 saturated heterocycles. The van der Waals surface area contributed by atoms with Crippen LogP contribution in [-0.2, 0) is 0 Å². The van der Waals surface area contributed by atoms with Crippen LogP contribution in [0.5, 0.6) is 0 Å². The quantitative estimate of drug-likeness (QED) is 0.676. The second-order valence-corrected chi connectivity index (χ2v) is 8.33. The third-order valence-corrected chi connectivity index (χ3v) is 6.33. The Labute approximate surface area is 173 Å². The molecular formula is C22H23N3O3S. The van der Waals surface area contributed by atoms with Crippen molar-refractivity contribution in [1.82, 2.24) is 0 Å². The van der Waals surface area contributed by atoms with Gasteiger partial charge in [-0.15, -0.1) is 11.3 Å². The Balaban J connectivity index is 1.65. The van der Waals surface area contributed by atoms with Crippen LogP contribution in [0.1, 0.15) is 39.1 Å². The first-order chi connectivity index (χ1) is 14.0. The van der Waals surface area contributed by atoms with E-state index in [0.29, 0.717) is 9.88 Å². The maximum absolute atomic E-state index is 13.6. The van der Waals surface area contributed by atoms with Gasteiger partial charge in [0.1, 0.15) is 0 Å². The van der Waals surface area contributed by atoms with Gasteiger partial charge in [0.25, 0.3) is 11.8 Å². The summed E-state index contributed by atoms with van der Waals surface area (Å²) >= 11 is 1.29. The van der Waals surface area contributed by atoms with Crippen molar-refractivity contribution in [3.8, 4) is 0 Å². The Morgan fingerprint density at radius 2 is 1.93 bits per heavy atom. The third-order valence-electron chi connectivity index (χ3n) is 5.19. The average molecular weight is 410 g/mol. The number of aryl methyl sites for hydroxylation is 1. The average Bonchev–Trinajstić information content (AvgIpc) is 3.34. The Morgan fingerprint density at radius 1 is 1.17 bits per heavy atom. The number of anilines is 3. The van der Waals surface area contributed by atoms with Gasteiger partial charge in [-0.05, 0) is 56.2 Å². The first-order valence-electron chi connectivity index (χ1n) is 9.54. The summed E-state index contributed by atoms with van der Waals surface area (Å²) in [6.45, 7) is 4.86. The summed E-state index contributed by atoms with van der Waals surface area (Å²) in [6, 6.07) is 13.2. The highest BCUT2D eigenvalue weighted by atomic mass is 32.1. The molecule has 4 rings (SSSR count). The van der Waals surface area contributed by atoms with E-state index in [4.69, 9.17) is 4.42 Å². The number of para-hydroxylation sites is 2. The van der Waals surface area contributed by atoms with Crippen molar-refractivity contribution < 1.29 is 14.0 Å². The molecule has 0 spiro atoms. The van der Waals surface area contributed by atoms with Gasteiger partial charge in [0, 0.05) is 19.6 Å². The standard InChI is InChI=1S/C22H23N3O3S/c1-14-13-19(23-21(26)18-9-6-12-28-18)29-20(14)22(27)25-15(2)10-11-24(3)16-7-4-5-8-17(16)25/h4-9,12-13,15H,10-11H2,1-3H3,(H,23,26)/t15-/m1/s1. The lowest BCUT2D eigenvalue weighted by molar-refractivity contribution is 0.0978. The molecule has 0 aliphatic carbocycles.